The minimum Gasteiger partial charge on any atom is -0.507 e. The van der Waals surface area contributed by atoms with Crippen molar-refractivity contribution < 1.29 is 14.6 Å². The van der Waals surface area contributed by atoms with Crippen LogP contribution in [0, 0.1) is 0 Å². The first-order valence-corrected chi connectivity index (χ1v) is 19.4. The van der Waals surface area contributed by atoms with Crippen LogP contribution in [-0.2, 0) is 26.4 Å². The lowest BCUT2D eigenvalue weighted by molar-refractivity contribution is 0.0498. The largest absolute Gasteiger partial charge is 0.507 e. The normalized spacial score (nSPS) is 12.9. The van der Waals surface area contributed by atoms with Gasteiger partial charge in [0.25, 0.3) is 0 Å². The van der Waals surface area contributed by atoms with Gasteiger partial charge in [-0.25, -0.2) is 4.79 Å². The van der Waals surface area contributed by atoms with Gasteiger partial charge in [0.05, 0.1) is 12.2 Å². The van der Waals surface area contributed by atoms with E-state index in [9.17, 15) is 9.90 Å². The van der Waals surface area contributed by atoms with Gasteiger partial charge in [-0.05, 0) is 50.8 Å². The molecule has 0 amide bonds. The Kier molecular flexibility index (Phi) is 15.8. The highest BCUT2D eigenvalue weighted by atomic mass is 16.5. The molecule has 2 aromatic rings. The summed E-state index contributed by atoms with van der Waals surface area (Å²) >= 11 is 0. The fourth-order valence-electron chi connectivity index (χ4n) is 6.80. The quantitative estimate of drug-likeness (QED) is 0.135. The molecule has 3 heteroatoms. The number of carbonyl (C=O) groups excluding carboxylic acids is 1. The van der Waals surface area contributed by atoms with Crippen LogP contribution in [0.15, 0.2) is 24.3 Å². The first kappa shape index (κ1) is 41.9. The molecule has 1 N–H and O–H groups in total. The van der Waals surface area contributed by atoms with Gasteiger partial charge in [-0.2, -0.15) is 0 Å². The van der Waals surface area contributed by atoms with E-state index < -0.39 is 5.41 Å². The predicted molar refractivity (Wildman–Crippen MR) is 209 cm³/mol. The van der Waals surface area contributed by atoms with Gasteiger partial charge in [0, 0.05) is 16.7 Å². The van der Waals surface area contributed by atoms with Crippen LogP contribution in [0.25, 0.3) is 11.1 Å². The van der Waals surface area contributed by atoms with Crippen molar-refractivity contribution in [1.82, 2.24) is 0 Å². The standard InChI is InChI=1S/C45H74O3/c1-14-15-16-17-18-19-20-21-22-23-24-25-26-27-30-48-41(47)35-32-37(44(8,9)10)40(46)39(45(11,12)13)38(35)34-29-28-33(42(2,3)4)31-36(34)43(5,6)7/h28-29,31-32,46H,14-27,30H2,1-13H3. The molecule has 2 rings (SSSR count). The van der Waals surface area contributed by atoms with Gasteiger partial charge in [-0.3, -0.25) is 0 Å². The summed E-state index contributed by atoms with van der Waals surface area (Å²) in [6.45, 7) is 28.7. The second-order valence-electron chi connectivity index (χ2n) is 18.6. The summed E-state index contributed by atoms with van der Waals surface area (Å²) in [7, 11) is 0. The Hall–Kier alpha value is -2.29. The van der Waals surface area contributed by atoms with Crippen molar-refractivity contribution in [3.63, 3.8) is 0 Å². The highest BCUT2D eigenvalue weighted by molar-refractivity contribution is 6.00. The summed E-state index contributed by atoms with van der Waals surface area (Å²) in [4.78, 5) is 14.1. The van der Waals surface area contributed by atoms with Crippen LogP contribution in [0.4, 0.5) is 0 Å². The number of esters is 1. The van der Waals surface area contributed by atoms with E-state index in [1.807, 2.05) is 6.07 Å². The van der Waals surface area contributed by atoms with E-state index in [4.69, 9.17) is 4.74 Å². The Morgan fingerprint density at radius 1 is 0.583 bits per heavy atom. The summed E-state index contributed by atoms with van der Waals surface area (Å²) in [5, 5.41) is 12.0. The fraction of sp³-hybridized carbons (Fsp3) is 0.711. The lowest BCUT2D eigenvalue weighted by Gasteiger charge is -2.34. The molecule has 0 aromatic heterocycles. The summed E-state index contributed by atoms with van der Waals surface area (Å²) in [5.41, 5.74) is 5.42. The van der Waals surface area contributed by atoms with Crippen molar-refractivity contribution in [2.45, 2.75) is 202 Å². The molecule has 0 atom stereocenters. The number of carbonyl (C=O) groups is 1. The number of unbranched alkanes of at least 4 members (excludes halogenated alkanes) is 13. The van der Waals surface area contributed by atoms with Gasteiger partial charge in [-0.15, -0.1) is 0 Å². The predicted octanol–water partition coefficient (Wildman–Crippen LogP) is 13.9. The maximum absolute atomic E-state index is 14.1. The van der Waals surface area contributed by atoms with E-state index in [2.05, 4.69) is 108 Å². The maximum atomic E-state index is 14.1. The molecule has 0 heterocycles. The average Bonchev–Trinajstić information content (AvgIpc) is 2.96. The molecule has 0 saturated carbocycles. The van der Waals surface area contributed by atoms with Crippen molar-refractivity contribution >= 4 is 5.97 Å². The molecule has 0 radical (unpaired) electrons. The first-order valence-electron chi connectivity index (χ1n) is 19.4. The SMILES string of the molecule is CCCCCCCCCCCCCCCCOC(=O)c1cc(C(C)(C)C)c(O)c(C(C)(C)C)c1-c1ccc(C(C)(C)C)cc1C(C)(C)C. The minimum absolute atomic E-state index is 0.0150. The number of hydrogen-bond donors (Lipinski definition) is 1. The maximum Gasteiger partial charge on any atom is 0.338 e. The van der Waals surface area contributed by atoms with Crippen molar-refractivity contribution in [3.05, 3.63) is 52.1 Å². The molecule has 0 bridgehead atoms. The molecule has 0 fully saturated rings. The van der Waals surface area contributed by atoms with Crippen LogP contribution in [0.2, 0.25) is 0 Å². The second kappa shape index (κ2) is 18.1. The van der Waals surface area contributed by atoms with Crippen LogP contribution in [0.1, 0.15) is 213 Å². The average molecular weight is 663 g/mol. The molecule has 0 saturated heterocycles. The summed E-state index contributed by atoms with van der Waals surface area (Å²) in [5.74, 6) is -0.0104. The van der Waals surface area contributed by atoms with Crippen molar-refractivity contribution in [2.75, 3.05) is 6.61 Å². The molecule has 0 aliphatic rings. The van der Waals surface area contributed by atoms with Gasteiger partial charge >= 0.3 is 5.97 Å². The Bertz CT molecular complexity index is 1290. The monoisotopic (exact) mass is 663 g/mol. The van der Waals surface area contributed by atoms with Gasteiger partial charge in [-0.1, -0.05) is 192 Å². The van der Waals surface area contributed by atoms with Crippen LogP contribution in [0.5, 0.6) is 5.75 Å². The molecule has 0 aliphatic heterocycles. The van der Waals surface area contributed by atoms with E-state index >= 15 is 0 Å². The molecule has 0 aliphatic carbocycles. The van der Waals surface area contributed by atoms with Crippen LogP contribution in [-0.4, -0.2) is 17.7 Å². The summed E-state index contributed by atoms with van der Waals surface area (Å²) in [6.07, 6.45) is 18.1. The van der Waals surface area contributed by atoms with E-state index in [0.717, 1.165) is 35.1 Å². The number of ether oxygens (including phenoxy) is 1. The van der Waals surface area contributed by atoms with Gasteiger partial charge < -0.3 is 9.84 Å². The molecule has 0 spiro atoms. The number of phenols is 1. The van der Waals surface area contributed by atoms with E-state index in [0.29, 0.717) is 12.2 Å². The third-order valence-corrected chi connectivity index (χ3v) is 9.77. The molecule has 3 nitrogen and oxygen atoms in total. The smallest absolute Gasteiger partial charge is 0.338 e. The summed E-state index contributed by atoms with van der Waals surface area (Å²) in [6, 6.07) is 8.58. The highest BCUT2D eigenvalue weighted by Crippen LogP contribution is 2.49. The Labute approximate surface area is 297 Å². The van der Waals surface area contributed by atoms with Gasteiger partial charge in [0.15, 0.2) is 0 Å². The lowest BCUT2D eigenvalue weighted by Crippen LogP contribution is -2.23. The lowest BCUT2D eigenvalue weighted by atomic mass is 9.71. The number of rotatable bonds is 17. The Balaban J connectivity index is 2.27. The zero-order valence-corrected chi connectivity index (χ0v) is 33.7. The minimum atomic E-state index is -0.414. The van der Waals surface area contributed by atoms with Crippen molar-refractivity contribution in [2.24, 2.45) is 0 Å². The highest BCUT2D eigenvalue weighted by Gasteiger charge is 2.35. The zero-order valence-electron chi connectivity index (χ0n) is 33.7. The van der Waals surface area contributed by atoms with Gasteiger partial charge in [0.2, 0.25) is 0 Å². The number of hydrogen-bond acceptors (Lipinski definition) is 3. The van der Waals surface area contributed by atoms with Crippen molar-refractivity contribution in [1.29, 1.82) is 0 Å². The molecular weight excluding hydrogens is 588 g/mol. The van der Waals surface area contributed by atoms with E-state index in [1.165, 1.54) is 88.2 Å². The van der Waals surface area contributed by atoms with Gasteiger partial charge in [0.1, 0.15) is 5.75 Å². The Morgan fingerprint density at radius 3 is 1.46 bits per heavy atom. The molecule has 2 aromatic carbocycles. The summed E-state index contributed by atoms with van der Waals surface area (Å²) < 4.78 is 6.06. The first-order chi connectivity index (χ1) is 22.2. The Morgan fingerprint density at radius 2 is 1.04 bits per heavy atom. The van der Waals surface area contributed by atoms with E-state index in [-0.39, 0.29) is 28.0 Å². The zero-order chi connectivity index (χ0) is 36.3. The van der Waals surface area contributed by atoms with Crippen LogP contribution in [0.3, 0.4) is 0 Å². The van der Waals surface area contributed by atoms with Crippen LogP contribution < -0.4 is 0 Å². The van der Waals surface area contributed by atoms with Crippen LogP contribution >= 0.6 is 0 Å². The number of phenolic OH excluding ortho intramolecular Hbond substituents is 1. The second-order valence-corrected chi connectivity index (χ2v) is 18.6. The molecule has 0 unspecified atom stereocenters. The van der Waals surface area contributed by atoms with E-state index in [1.54, 1.807) is 0 Å². The third kappa shape index (κ3) is 12.5. The van der Waals surface area contributed by atoms with Crippen molar-refractivity contribution in [3.8, 4) is 16.9 Å². The topological polar surface area (TPSA) is 46.5 Å². The number of aromatic hydroxyl groups is 1. The fourth-order valence-corrected chi connectivity index (χ4v) is 6.80. The third-order valence-electron chi connectivity index (χ3n) is 9.77. The molecule has 272 valence electrons. The molecule has 48 heavy (non-hydrogen) atoms. The number of benzene rings is 2. The molecular formula is C45H74O3.